The lowest BCUT2D eigenvalue weighted by Gasteiger charge is -2.42. The molecule has 31 heavy (non-hydrogen) atoms. The lowest BCUT2D eigenvalue weighted by Crippen LogP contribution is -2.59. The Morgan fingerprint density at radius 2 is 1.97 bits per heavy atom. The molecule has 3 heterocycles. The normalized spacial score (nSPS) is 23.7. The fourth-order valence-corrected chi connectivity index (χ4v) is 4.51. The number of carbonyl (C=O) groups excluding carboxylic acids is 2. The summed E-state index contributed by atoms with van der Waals surface area (Å²) in [6, 6.07) is 15.6. The molecule has 0 radical (unpaired) electrons. The quantitative estimate of drug-likeness (QED) is 0.704. The van der Waals surface area contributed by atoms with Gasteiger partial charge in [-0.3, -0.25) is 14.6 Å². The van der Waals surface area contributed by atoms with Crippen LogP contribution >= 0.6 is 0 Å². The van der Waals surface area contributed by atoms with E-state index in [0.717, 1.165) is 17.8 Å². The van der Waals surface area contributed by atoms with Gasteiger partial charge in [-0.2, -0.15) is 0 Å². The number of morpholine rings is 1. The van der Waals surface area contributed by atoms with Crippen LogP contribution in [0.15, 0.2) is 54.7 Å². The number of benzene rings is 1. The van der Waals surface area contributed by atoms with Gasteiger partial charge in [-0.25, -0.2) is 0 Å². The number of rotatable bonds is 6. The molecule has 7 nitrogen and oxygen atoms in total. The Labute approximate surface area is 183 Å². The average Bonchev–Trinajstić information content (AvgIpc) is 3.05. The molecule has 4 rings (SSSR count). The Bertz CT molecular complexity index is 906. The van der Waals surface area contributed by atoms with Crippen molar-refractivity contribution in [3.63, 3.8) is 0 Å². The summed E-state index contributed by atoms with van der Waals surface area (Å²) < 4.78 is 6.26. The molecule has 1 aromatic carbocycles. The summed E-state index contributed by atoms with van der Waals surface area (Å²) in [5.74, 6) is -0.153. The number of pyridine rings is 1. The standard InChI is InChI=1S/C24H30N4O3/c1-26(2)12-13-27-17-21(19-8-4-3-5-9-19)24(23(27)30)18-28(14-15-31-24)22(29)16-20-10-6-7-11-25-20/h3-11,21H,12-18H2,1-2H3/t21-,24+/m0/s1. The zero-order chi connectivity index (χ0) is 21.8. The van der Waals surface area contributed by atoms with Crippen LogP contribution in [0.3, 0.4) is 0 Å². The average molecular weight is 423 g/mol. The van der Waals surface area contributed by atoms with E-state index in [9.17, 15) is 9.59 Å². The largest absolute Gasteiger partial charge is 0.361 e. The Balaban J connectivity index is 1.59. The van der Waals surface area contributed by atoms with Crippen molar-refractivity contribution in [2.24, 2.45) is 0 Å². The fraction of sp³-hybridized carbons (Fsp3) is 0.458. The molecule has 0 N–H and O–H groups in total. The van der Waals surface area contributed by atoms with Crippen molar-refractivity contribution >= 4 is 11.8 Å². The molecule has 2 aromatic rings. The topological polar surface area (TPSA) is 66.0 Å². The van der Waals surface area contributed by atoms with Crippen LogP contribution < -0.4 is 0 Å². The summed E-state index contributed by atoms with van der Waals surface area (Å²) in [5, 5.41) is 0. The molecule has 1 spiro atoms. The van der Waals surface area contributed by atoms with Crippen molar-refractivity contribution in [2.75, 3.05) is 53.4 Å². The molecule has 2 atom stereocenters. The number of hydrogen-bond donors (Lipinski definition) is 0. The SMILES string of the molecule is CN(C)CCN1C[C@@H](c2ccccc2)[C@]2(CN(C(=O)Cc3ccccn3)CCO2)C1=O. The molecule has 7 heteroatoms. The van der Waals surface area contributed by atoms with Crippen LogP contribution in [-0.2, 0) is 20.7 Å². The Hall–Kier alpha value is -2.77. The van der Waals surface area contributed by atoms with Crippen LogP contribution in [0.4, 0.5) is 0 Å². The van der Waals surface area contributed by atoms with E-state index >= 15 is 0 Å². The van der Waals surface area contributed by atoms with Crippen LogP contribution in [0.5, 0.6) is 0 Å². The van der Waals surface area contributed by atoms with Gasteiger partial charge in [0.25, 0.3) is 5.91 Å². The molecule has 164 valence electrons. The van der Waals surface area contributed by atoms with Gasteiger partial charge in [0, 0.05) is 44.0 Å². The Kier molecular flexibility index (Phi) is 6.34. The van der Waals surface area contributed by atoms with Gasteiger partial charge in [0.2, 0.25) is 5.91 Å². The maximum absolute atomic E-state index is 13.6. The number of likely N-dealkylation sites (N-methyl/N-ethyl adjacent to an activating group) is 1. The Morgan fingerprint density at radius 1 is 1.19 bits per heavy atom. The van der Waals surface area contributed by atoms with Crippen molar-refractivity contribution in [3.8, 4) is 0 Å². The molecule has 2 aliphatic rings. The number of carbonyl (C=O) groups is 2. The van der Waals surface area contributed by atoms with E-state index < -0.39 is 5.60 Å². The molecule has 2 fully saturated rings. The number of likely N-dealkylation sites (tertiary alicyclic amines) is 1. The second-order valence-electron chi connectivity index (χ2n) is 8.57. The van der Waals surface area contributed by atoms with Crippen LogP contribution in [-0.4, -0.2) is 90.5 Å². The number of nitrogens with zero attached hydrogens (tertiary/aromatic N) is 4. The van der Waals surface area contributed by atoms with Gasteiger partial charge in [-0.1, -0.05) is 36.4 Å². The number of hydrogen-bond acceptors (Lipinski definition) is 5. The highest BCUT2D eigenvalue weighted by Crippen LogP contribution is 2.42. The summed E-state index contributed by atoms with van der Waals surface area (Å²) in [6.45, 7) is 3.13. The molecule has 0 aliphatic carbocycles. The second-order valence-corrected chi connectivity index (χ2v) is 8.57. The molecular formula is C24H30N4O3. The molecule has 2 saturated heterocycles. The molecule has 0 unspecified atom stereocenters. The zero-order valence-corrected chi connectivity index (χ0v) is 18.2. The van der Waals surface area contributed by atoms with Gasteiger partial charge < -0.3 is 19.4 Å². The monoisotopic (exact) mass is 422 g/mol. The van der Waals surface area contributed by atoms with E-state index in [1.165, 1.54) is 0 Å². The van der Waals surface area contributed by atoms with E-state index in [-0.39, 0.29) is 30.7 Å². The lowest BCUT2D eigenvalue weighted by atomic mass is 9.83. The van der Waals surface area contributed by atoms with Crippen LogP contribution in [0.25, 0.3) is 0 Å². The van der Waals surface area contributed by atoms with Crippen molar-refractivity contribution in [1.29, 1.82) is 0 Å². The number of ether oxygens (including phenoxy) is 1. The summed E-state index contributed by atoms with van der Waals surface area (Å²) in [7, 11) is 4.00. The smallest absolute Gasteiger partial charge is 0.257 e. The lowest BCUT2D eigenvalue weighted by molar-refractivity contribution is -0.167. The predicted molar refractivity (Wildman–Crippen MR) is 118 cm³/mol. The predicted octanol–water partition coefficient (Wildman–Crippen LogP) is 1.41. The van der Waals surface area contributed by atoms with Gasteiger partial charge in [0.15, 0.2) is 5.60 Å². The highest BCUT2D eigenvalue weighted by molar-refractivity contribution is 5.91. The fourth-order valence-electron chi connectivity index (χ4n) is 4.51. The van der Waals surface area contributed by atoms with Gasteiger partial charge in [-0.05, 0) is 31.8 Å². The summed E-state index contributed by atoms with van der Waals surface area (Å²) in [5.41, 5.74) is 0.770. The van der Waals surface area contributed by atoms with Crippen molar-refractivity contribution < 1.29 is 14.3 Å². The van der Waals surface area contributed by atoms with Crippen LogP contribution in [0, 0.1) is 0 Å². The minimum atomic E-state index is -1.04. The molecule has 0 saturated carbocycles. The minimum absolute atomic E-state index is 0.0152. The highest BCUT2D eigenvalue weighted by atomic mass is 16.5. The van der Waals surface area contributed by atoms with Crippen molar-refractivity contribution in [2.45, 2.75) is 17.9 Å². The zero-order valence-electron chi connectivity index (χ0n) is 18.2. The minimum Gasteiger partial charge on any atom is -0.361 e. The van der Waals surface area contributed by atoms with Gasteiger partial charge >= 0.3 is 0 Å². The summed E-state index contributed by atoms with van der Waals surface area (Å²) in [4.78, 5) is 36.7. The maximum atomic E-state index is 13.6. The third-order valence-electron chi connectivity index (χ3n) is 6.19. The van der Waals surface area contributed by atoms with E-state index in [1.807, 2.05) is 67.5 Å². The van der Waals surface area contributed by atoms with E-state index in [0.29, 0.717) is 26.2 Å². The molecule has 2 aliphatic heterocycles. The van der Waals surface area contributed by atoms with Crippen molar-refractivity contribution in [1.82, 2.24) is 19.7 Å². The van der Waals surface area contributed by atoms with E-state index in [1.54, 1.807) is 11.1 Å². The van der Waals surface area contributed by atoms with Crippen LogP contribution in [0.1, 0.15) is 17.2 Å². The number of aromatic nitrogens is 1. The molecule has 1 aromatic heterocycles. The van der Waals surface area contributed by atoms with Gasteiger partial charge in [0.1, 0.15) is 0 Å². The summed E-state index contributed by atoms with van der Waals surface area (Å²) >= 11 is 0. The third-order valence-corrected chi connectivity index (χ3v) is 6.19. The second kappa shape index (κ2) is 9.16. The first-order chi connectivity index (χ1) is 15.0. The Morgan fingerprint density at radius 3 is 2.68 bits per heavy atom. The van der Waals surface area contributed by atoms with E-state index in [4.69, 9.17) is 4.74 Å². The van der Waals surface area contributed by atoms with Crippen LogP contribution in [0.2, 0.25) is 0 Å². The first kappa shape index (κ1) is 21.5. The van der Waals surface area contributed by atoms with Gasteiger partial charge in [-0.15, -0.1) is 0 Å². The maximum Gasteiger partial charge on any atom is 0.257 e. The first-order valence-corrected chi connectivity index (χ1v) is 10.8. The van der Waals surface area contributed by atoms with Gasteiger partial charge in [0.05, 0.1) is 19.6 Å². The molecule has 0 bridgehead atoms. The third kappa shape index (κ3) is 4.48. The van der Waals surface area contributed by atoms with E-state index in [2.05, 4.69) is 9.88 Å². The first-order valence-electron chi connectivity index (χ1n) is 10.8. The molecular weight excluding hydrogens is 392 g/mol. The highest BCUT2D eigenvalue weighted by Gasteiger charge is 2.58. The summed E-state index contributed by atoms with van der Waals surface area (Å²) in [6.07, 6.45) is 1.92. The van der Waals surface area contributed by atoms with Crippen molar-refractivity contribution in [3.05, 3.63) is 66.0 Å². The number of amides is 2. The molecule has 2 amide bonds.